The van der Waals surface area contributed by atoms with Gasteiger partial charge < -0.3 is 4.57 Å². The molecule has 6 nitrogen and oxygen atoms in total. The largest absolute Gasteiger partial charge is 0.329 e. The first-order valence-corrected chi connectivity index (χ1v) is 7.69. The highest BCUT2D eigenvalue weighted by Gasteiger charge is 2.17. The van der Waals surface area contributed by atoms with Crippen LogP contribution in [0.25, 0.3) is 11.2 Å². The van der Waals surface area contributed by atoms with E-state index in [1.165, 1.54) is 4.57 Å². The lowest BCUT2D eigenvalue weighted by Gasteiger charge is -2.08. The van der Waals surface area contributed by atoms with Gasteiger partial charge in [-0.1, -0.05) is 39.0 Å². The third kappa shape index (κ3) is 2.67. The van der Waals surface area contributed by atoms with Crippen molar-refractivity contribution in [3.05, 3.63) is 20.8 Å². The van der Waals surface area contributed by atoms with Crippen molar-refractivity contribution >= 4 is 22.9 Å². The lowest BCUT2D eigenvalue weighted by Crippen LogP contribution is -2.29. The molecule has 7 heteroatoms. The molecule has 110 valence electrons. The quantitative estimate of drug-likeness (QED) is 0.853. The van der Waals surface area contributed by atoms with Crippen LogP contribution in [-0.4, -0.2) is 24.4 Å². The molecule has 0 saturated carbocycles. The molecule has 0 amide bonds. The SMILES string of the molecule is CCCCn1c(SC(C)C)nc2c1c(=O)[nH]c(=O)n2C. The van der Waals surface area contributed by atoms with Crippen LogP contribution in [0.15, 0.2) is 14.7 Å². The second kappa shape index (κ2) is 5.87. The van der Waals surface area contributed by atoms with Gasteiger partial charge in [0, 0.05) is 18.8 Å². The van der Waals surface area contributed by atoms with Crippen LogP contribution in [0.4, 0.5) is 0 Å². The second-order valence-corrected chi connectivity index (χ2v) is 6.60. The summed E-state index contributed by atoms with van der Waals surface area (Å²) in [5.74, 6) is 0. The smallest absolute Gasteiger partial charge is 0.313 e. The highest BCUT2D eigenvalue weighted by molar-refractivity contribution is 7.99. The molecule has 2 aromatic rings. The molecule has 0 radical (unpaired) electrons. The molecular formula is C13H20N4O2S. The summed E-state index contributed by atoms with van der Waals surface area (Å²) < 4.78 is 3.32. The maximum atomic E-state index is 12.1. The molecule has 0 atom stereocenters. The summed E-state index contributed by atoms with van der Waals surface area (Å²) in [6.07, 6.45) is 2.01. The number of aromatic amines is 1. The maximum Gasteiger partial charge on any atom is 0.329 e. The Morgan fingerprint density at radius 1 is 1.35 bits per heavy atom. The highest BCUT2D eigenvalue weighted by atomic mass is 32.2. The van der Waals surface area contributed by atoms with Gasteiger partial charge in [-0.25, -0.2) is 9.78 Å². The number of nitrogens with one attached hydrogen (secondary N) is 1. The van der Waals surface area contributed by atoms with E-state index < -0.39 is 5.69 Å². The Morgan fingerprint density at radius 2 is 2.05 bits per heavy atom. The first kappa shape index (κ1) is 14.9. The number of nitrogens with zero attached hydrogens (tertiary/aromatic N) is 3. The molecule has 0 saturated heterocycles. The Balaban J connectivity index is 2.72. The number of imidazole rings is 1. The van der Waals surface area contributed by atoms with Crippen molar-refractivity contribution in [3.63, 3.8) is 0 Å². The van der Waals surface area contributed by atoms with Gasteiger partial charge in [0.2, 0.25) is 0 Å². The van der Waals surface area contributed by atoms with Crippen LogP contribution in [0, 0.1) is 0 Å². The van der Waals surface area contributed by atoms with Gasteiger partial charge in [-0.05, 0) is 6.42 Å². The molecule has 2 aromatic heterocycles. The van der Waals surface area contributed by atoms with Gasteiger partial charge in [0.05, 0.1) is 0 Å². The normalized spacial score (nSPS) is 11.7. The Labute approximate surface area is 121 Å². The molecule has 0 aliphatic carbocycles. The van der Waals surface area contributed by atoms with Crippen molar-refractivity contribution in [1.82, 2.24) is 19.1 Å². The monoisotopic (exact) mass is 296 g/mol. The molecule has 2 heterocycles. The van der Waals surface area contributed by atoms with Crippen LogP contribution >= 0.6 is 11.8 Å². The van der Waals surface area contributed by atoms with E-state index in [0.29, 0.717) is 16.4 Å². The second-order valence-electron chi connectivity index (χ2n) is 5.06. The molecule has 0 aliphatic rings. The Hall–Kier alpha value is -1.50. The average molecular weight is 296 g/mol. The maximum absolute atomic E-state index is 12.1. The molecule has 0 spiro atoms. The van der Waals surface area contributed by atoms with E-state index >= 15 is 0 Å². The molecule has 20 heavy (non-hydrogen) atoms. The molecule has 0 aliphatic heterocycles. The van der Waals surface area contributed by atoms with Crippen molar-refractivity contribution < 1.29 is 0 Å². The van der Waals surface area contributed by atoms with Gasteiger partial charge in [0.15, 0.2) is 16.3 Å². The first-order chi connectivity index (χ1) is 9.45. The van der Waals surface area contributed by atoms with Crippen LogP contribution < -0.4 is 11.2 Å². The van der Waals surface area contributed by atoms with Crippen molar-refractivity contribution in [3.8, 4) is 0 Å². The van der Waals surface area contributed by atoms with Crippen LogP contribution in [-0.2, 0) is 13.6 Å². The van der Waals surface area contributed by atoms with E-state index in [2.05, 4.69) is 30.7 Å². The third-order valence-corrected chi connectivity index (χ3v) is 4.04. The first-order valence-electron chi connectivity index (χ1n) is 6.81. The lowest BCUT2D eigenvalue weighted by atomic mass is 10.3. The Morgan fingerprint density at radius 3 is 2.65 bits per heavy atom. The fourth-order valence-electron chi connectivity index (χ4n) is 2.04. The van der Waals surface area contributed by atoms with Gasteiger partial charge in [0.25, 0.3) is 5.56 Å². The molecule has 0 unspecified atom stereocenters. The lowest BCUT2D eigenvalue weighted by molar-refractivity contribution is 0.599. The fourth-order valence-corrected chi connectivity index (χ4v) is 2.91. The van der Waals surface area contributed by atoms with E-state index in [1.807, 2.05) is 4.57 Å². The predicted octanol–water partition coefficient (Wildman–Crippen LogP) is 1.72. The van der Waals surface area contributed by atoms with Gasteiger partial charge in [0.1, 0.15) is 0 Å². The number of H-pyrrole nitrogens is 1. The predicted molar refractivity (Wildman–Crippen MR) is 81.5 cm³/mol. The minimum absolute atomic E-state index is 0.359. The number of fused-ring (bicyclic) bond motifs is 1. The standard InChI is InChI=1S/C13H20N4O2S/c1-5-6-7-17-9-10(14-13(17)20-8(2)3)16(4)12(19)15-11(9)18/h8H,5-7H2,1-4H3,(H,15,18,19). The number of hydrogen-bond acceptors (Lipinski definition) is 4. The zero-order valence-electron chi connectivity index (χ0n) is 12.3. The topological polar surface area (TPSA) is 72.7 Å². The van der Waals surface area contributed by atoms with Crippen LogP contribution in [0.5, 0.6) is 0 Å². The molecule has 0 bridgehead atoms. The molecule has 1 N–H and O–H groups in total. The zero-order chi connectivity index (χ0) is 14.9. The van der Waals surface area contributed by atoms with Gasteiger partial charge >= 0.3 is 5.69 Å². The van der Waals surface area contributed by atoms with Crippen LogP contribution in [0.3, 0.4) is 0 Å². The third-order valence-electron chi connectivity index (χ3n) is 3.05. The van der Waals surface area contributed by atoms with E-state index in [4.69, 9.17) is 0 Å². The van der Waals surface area contributed by atoms with Crippen molar-refractivity contribution in [2.45, 2.75) is 50.6 Å². The Bertz CT molecular complexity index is 726. The number of unbranched alkanes of at least 4 members (excludes halogenated alkanes) is 1. The highest BCUT2D eigenvalue weighted by Crippen LogP contribution is 2.25. The fraction of sp³-hybridized carbons (Fsp3) is 0.615. The number of aromatic nitrogens is 4. The number of aryl methyl sites for hydroxylation is 2. The zero-order valence-corrected chi connectivity index (χ0v) is 13.1. The van der Waals surface area contributed by atoms with E-state index in [9.17, 15) is 9.59 Å². The van der Waals surface area contributed by atoms with E-state index in [0.717, 1.165) is 24.5 Å². The molecular weight excluding hydrogens is 276 g/mol. The molecule has 2 rings (SSSR count). The summed E-state index contributed by atoms with van der Waals surface area (Å²) in [7, 11) is 1.63. The minimum Gasteiger partial charge on any atom is -0.313 e. The Kier molecular flexibility index (Phi) is 4.37. The summed E-state index contributed by atoms with van der Waals surface area (Å²) in [5.41, 5.74) is 0.160. The number of hydrogen-bond donors (Lipinski definition) is 1. The van der Waals surface area contributed by atoms with Crippen molar-refractivity contribution in [1.29, 1.82) is 0 Å². The average Bonchev–Trinajstić information content (AvgIpc) is 2.72. The van der Waals surface area contributed by atoms with Crippen molar-refractivity contribution in [2.75, 3.05) is 0 Å². The number of thioether (sulfide) groups is 1. The summed E-state index contributed by atoms with van der Waals surface area (Å²) in [6.45, 7) is 7.01. The number of rotatable bonds is 5. The van der Waals surface area contributed by atoms with Crippen LogP contribution in [0.2, 0.25) is 0 Å². The minimum atomic E-state index is -0.427. The summed E-state index contributed by atoms with van der Waals surface area (Å²) in [5, 5.41) is 1.17. The van der Waals surface area contributed by atoms with Gasteiger partial charge in [-0.2, -0.15) is 0 Å². The summed E-state index contributed by atoms with van der Waals surface area (Å²) >= 11 is 1.61. The van der Waals surface area contributed by atoms with Gasteiger partial charge in [-0.15, -0.1) is 0 Å². The van der Waals surface area contributed by atoms with Gasteiger partial charge in [-0.3, -0.25) is 14.3 Å². The van der Waals surface area contributed by atoms with Crippen LogP contribution in [0.1, 0.15) is 33.6 Å². The summed E-state index contributed by atoms with van der Waals surface area (Å²) in [6, 6.07) is 0. The van der Waals surface area contributed by atoms with Crippen molar-refractivity contribution in [2.24, 2.45) is 7.05 Å². The molecule has 0 aromatic carbocycles. The van der Waals surface area contributed by atoms with E-state index in [1.54, 1.807) is 18.8 Å². The van der Waals surface area contributed by atoms with E-state index in [-0.39, 0.29) is 5.56 Å². The summed E-state index contributed by atoms with van der Waals surface area (Å²) in [4.78, 5) is 30.6. The molecule has 0 fully saturated rings.